The standard InChI is InChI=1S/C13H16NO3P/c1-3-12(15)13(10-14)18(16,17-4-2)11-8-6-5-7-9-11/h5-9,13H,3-4H2,1-2H3/t13?,18-/m1/s1. The summed E-state index contributed by atoms with van der Waals surface area (Å²) in [5.74, 6) is -0.349. The van der Waals surface area contributed by atoms with Crippen molar-refractivity contribution in [3.63, 3.8) is 0 Å². The third-order valence-corrected chi connectivity index (χ3v) is 5.30. The largest absolute Gasteiger partial charge is 0.324 e. The first-order valence-corrected chi connectivity index (χ1v) is 7.51. The van der Waals surface area contributed by atoms with Crippen LogP contribution in [0.4, 0.5) is 0 Å². The molecular formula is C13H16NO3P. The lowest BCUT2D eigenvalue weighted by Gasteiger charge is -2.21. The van der Waals surface area contributed by atoms with Crippen LogP contribution in [-0.2, 0) is 13.9 Å². The molecule has 0 aliphatic carbocycles. The van der Waals surface area contributed by atoms with Crippen molar-refractivity contribution in [2.75, 3.05) is 6.61 Å². The molecule has 0 fully saturated rings. The number of benzene rings is 1. The van der Waals surface area contributed by atoms with Gasteiger partial charge in [-0.1, -0.05) is 25.1 Å². The predicted molar refractivity (Wildman–Crippen MR) is 70.0 cm³/mol. The molecule has 0 amide bonds. The summed E-state index contributed by atoms with van der Waals surface area (Å²) in [4.78, 5) is 11.8. The first kappa shape index (κ1) is 14.6. The van der Waals surface area contributed by atoms with E-state index in [1.165, 1.54) is 0 Å². The van der Waals surface area contributed by atoms with Crippen LogP contribution in [0.2, 0.25) is 0 Å². The van der Waals surface area contributed by atoms with Crippen LogP contribution in [0, 0.1) is 11.3 Å². The molecule has 0 N–H and O–H groups in total. The van der Waals surface area contributed by atoms with Crippen LogP contribution in [0.1, 0.15) is 20.3 Å². The summed E-state index contributed by atoms with van der Waals surface area (Å²) in [5.41, 5.74) is -1.22. The molecule has 0 aliphatic rings. The summed E-state index contributed by atoms with van der Waals surface area (Å²) in [5, 5.41) is 9.54. The normalized spacial score (nSPS) is 15.4. The molecule has 96 valence electrons. The Balaban J connectivity index is 3.27. The van der Waals surface area contributed by atoms with E-state index in [0.29, 0.717) is 5.30 Å². The molecule has 0 saturated heterocycles. The highest BCUT2D eigenvalue weighted by Crippen LogP contribution is 2.51. The number of nitrogens with zero attached hydrogens (tertiary/aromatic N) is 1. The zero-order chi connectivity index (χ0) is 13.6. The molecule has 1 aromatic rings. The van der Waals surface area contributed by atoms with Gasteiger partial charge in [0.25, 0.3) is 7.37 Å². The van der Waals surface area contributed by atoms with Crippen molar-refractivity contribution in [1.29, 1.82) is 5.26 Å². The van der Waals surface area contributed by atoms with E-state index in [9.17, 15) is 9.36 Å². The number of ketones is 1. The van der Waals surface area contributed by atoms with E-state index in [-0.39, 0.29) is 18.8 Å². The SMILES string of the molecule is CCO[P@](=O)(c1ccccc1)C(C#N)C(=O)CC. The van der Waals surface area contributed by atoms with E-state index in [0.717, 1.165) is 0 Å². The molecule has 1 aromatic carbocycles. The number of rotatable bonds is 6. The van der Waals surface area contributed by atoms with Gasteiger partial charge >= 0.3 is 0 Å². The highest BCUT2D eigenvalue weighted by molar-refractivity contribution is 7.68. The van der Waals surface area contributed by atoms with Crippen molar-refractivity contribution >= 4 is 18.5 Å². The summed E-state index contributed by atoms with van der Waals surface area (Å²) in [6.45, 7) is 3.54. The minimum atomic E-state index is -3.47. The van der Waals surface area contributed by atoms with Crippen molar-refractivity contribution in [3.8, 4) is 6.07 Å². The lowest BCUT2D eigenvalue weighted by Crippen LogP contribution is -2.25. The fraction of sp³-hybridized carbons (Fsp3) is 0.385. The van der Waals surface area contributed by atoms with E-state index in [4.69, 9.17) is 9.79 Å². The Bertz CT molecular complexity index is 493. The van der Waals surface area contributed by atoms with Crippen molar-refractivity contribution in [3.05, 3.63) is 30.3 Å². The van der Waals surface area contributed by atoms with Gasteiger partial charge in [-0.05, 0) is 19.1 Å². The number of Topliss-reactive ketones (excluding diaryl/α,β-unsaturated/α-hetero) is 1. The first-order valence-electron chi connectivity index (χ1n) is 5.82. The van der Waals surface area contributed by atoms with Gasteiger partial charge in [-0.15, -0.1) is 0 Å². The van der Waals surface area contributed by atoms with E-state index < -0.39 is 13.0 Å². The molecule has 0 spiro atoms. The van der Waals surface area contributed by atoms with Crippen molar-refractivity contribution in [2.45, 2.75) is 25.9 Å². The zero-order valence-corrected chi connectivity index (χ0v) is 11.4. The maximum Gasteiger partial charge on any atom is 0.256 e. The maximum atomic E-state index is 12.9. The van der Waals surface area contributed by atoms with Crippen LogP contribution >= 0.6 is 7.37 Å². The minimum Gasteiger partial charge on any atom is -0.324 e. The van der Waals surface area contributed by atoms with Crippen LogP contribution < -0.4 is 5.30 Å². The topological polar surface area (TPSA) is 67.2 Å². The number of hydrogen-bond donors (Lipinski definition) is 0. The summed E-state index contributed by atoms with van der Waals surface area (Å²) < 4.78 is 18.2. The summed E-state index contributed by atoms with van der Waals surface area (Å²) in [6.07, 6.45) is 0.169. The van der Waals surface area contributed by atoms with E-state index in [1.807, 2.05) is 6.07 Å². The molecule has 2 atom stereocenters. The van der Waals surface area contributed by atoms with Gasteiger partial charge in [0, 0.05) is 11.7 Å². The smallest absolute Gasteiger partial charge is 0.256 e. The van der Waals surface area contributed by atoms with Gasteiger partial charge in [-0.2, -0.15) is 5.26 Å². The quantitative estimate of drug-likeness (QED) is 0.741. The molecular weight excluding hydrogens is 249 g/mol. The second-order valence-corrected chi connectivity index (χ2v) is 6.19. The molecule has 5 heteroatoms. The molecule has 4 nitrogen and oxygen atoms in total. The number of carbonyl (C=O) groups is 1. The molecule has 0 saturated carbocycles. The zero-order valence-electron chi connectivity index (χ0n) is 10.5. The molecule has 0 aliphatic heterocycles. The summed E-state index contributed by atoms with van der Waals surface area (Å²) in [7, 11) is -3.47. The van der Waals surface area contributed by atoms with Gasteiger partial charge < -0.3 is 4.52 Å². The van der Waals surface area contributed by atoms with Gasteiger partial charge in [0.05, 0.1) is 12.7 Å². The Labute approximate surface area is 107 Å². The van der Waals surface area contributed by atoms with E-state index in [1.54, 1.807) is 44.2 Å². The van der Waals surface area contributed by atoms with Crippen LogP contribution in [-0.4, -0.2) is 18.0 Å². The molecule has 0 heterocycles. The Hall–Kier alpha value is -1.43. The minimum absolute atomic E-state index is 0.169. The van der Waals surface area contributed by atoms with Crippen LogP contribution in [0.15, 0.2) is 30.3 Å². The number of hydrogen-bond acceptors (Lipinski definition) is 4. The average molecular weight is 265 g/mol. The third-order valence-electron chi connectivity index (χ3n) is 2.55. The third kappa shape index (κ3) is 2.87. The Morgan fingerprint density at radius 3 is 2.44 bits per heavy atom. The summed E-state index contributed by atoms with van der Waals surface area (Å²) >= 11 is 0. The molecule has 0 bridgehead atoms. The van der Waals surface area contributed by atoms with Gasteiger partial charge in [0.1, 0.15) is 0 Å². The van der Waals surface area contributed by atoms with Gasteiger partial charge in [-0.3, -0.25) is 9.36 Å². The maximum absolute atomic E-state index is 12.9. The molecule has 18 heavy (non-hydrogen) atoms. The lowest BCUT2D eigenvalue weighted by atomic mass is 10.2. The molecule has 1 unspecified atom stereocenters. The fourth-order valence-electron chi connectivity index (χ4n) is 1.66. The number of nitriles is 1. The van der Waals surface area contributed by atoms with Crippen molar-refractivity contribution in [1.82, 2.24) is 0 Å². The van der Waals surface area contributed by atoms with Gasteiger partial charge in [0.15, 0.2) is 11.4 Å². The number of carbonyl (C=O) groups excluding carboxylic acids is 1. The first-order chi connectivity index (χ1) is 8.60. The fourth-order valence-corrected chi connectivity index (χ4v) is 3.94. The second-order valence-electron chi connectivity index (χ2n) is 3.70. The van der Waals surface area contributed by atoms with E-state index in [2.05, 4.69) is 0 Å². The molecule has 1 rings (SSSR count). The second kappa shape index (κ2) is 6.49. The van der Waals surface area contributed by atoms with Crippen molar-refractivity contribution in [2.24, 2.45) is 0 Å². The Morgan fingerprint density at radius 2 is 2.00 bits per heavy atom. The summed E-state index contributed by atoms with van der Waals surface area (Å²) in [6, 6.07) is 10.3. The molecule has 0 aromatic heterocycles. The highest BCUT2D eigenvalue weighted by atomic mass is 31.2. The van der Waals surface area contributed by atoms with Crippen molar-refractivity contribution < 1.29 is 13.9 Å². The van der Waals surface area contributed by atoms with Gasteiger partial charge in [-0.25, -0.2) is 0 Å². The van der Waals surface area contributed by atoms with Gasteiger partial charge in [0.2, 0.25) is 0 Å². The lowest BCUT2D eigenvalue weighted by molar-refractivity contribution is -0.117. The monoisotopic (exact) mass is 265 g/mol. The van der Waals surface area contributed by atoms with Crippen LogP contribution in [0.25, 0.3) is 0 Å². The highest BCUT2D eigenvalue weighted by Gasteiger charge is 2.40. The average Bonchev–Trinajstić information content (AvgIpc) is 2.40. The molecule has 0 radical (unpaired) electrons. The van der Waals surface area contributed by atoms with Crippen LogP contribution in [0.5, 0.6) is 0 Å². The Morgan fingerprint density at radius 1 is 1.39 bits per heavy atom. The predicted octanol–water partition coefficient (Wildman–Crippen LogP) is 2.50. The van der Waals surface area contributed by atoms with E-state index >= 15 is 0 Å². The Kier molecular flexibility index (Phi) is 5.27. The van der Waals surface area contributed by atoms with Crippen LogP contribution in [0.3, 0.4) is 0 Å².